The Hall–Kier alpha value is -2.62. The fourth-order valence-corrected chi connectivity index (χ4v) is 3.11. The van der Waals surface area contributed by atoms with Crippen LogP contribution in [0.25, 0.3) is 0 Å². The maximum Gasteiger partial charge on any atom is 0.239 e. The number of carbonyl (C=O) groups is 2. The van der Waals surface area contributed by atoms with Gasteiger partial charge in [0.1, 0.15) is 5.92 Å². The van der Waals surface area contributed by atoms with E-state index in [2.05, 4.69) is 12.2 Å². The lowest BCUT2D eigenvalue weighted by Gasteiger charge is -2.17. The number of benzene rings is 2. The molecule has 1 atom stereocenters. The van der Waals surface area contributed by atoms with Crippen LogP contribution in [0, 0.1) is 12.8 Å². The van der Waals surface area contributed by atoms with E-state index in [1.54, 1.807) is 4.90 Å². The molecule has 0 saturated carbocycles. The van der Waals surface area contributed by atoms with Gasteiger partial charge in [-0.1, -0.05) is 48.9 Å². The van der Waals surface area contributed by atoms with Crippen molar-refractivity contribution < 1.29 is 9.59 Å². The quantitative estimate of drug-likeness (QED) is 0.852. The van der Waals surface area contributed by atoms with Crippen LogP contribution in [0.3, 0.4) is 0 Å². The van der Waals surface area contributed by atoms with Crippen molar-refractivity contribution >= 4 is 17.5 Å². The monoisotopic (exact) mass is 336 g/mol. The normalized spacial score (nSPS) is 17.0. The molecule has 1 aliphatic rings. The summed E-state index contributed by atoms with van der Waals surface area (Å²) in [4.78, 5) is 26.8. The predicted octanol–water partition coefficient (Wildman–Crippen LogP) is 3.23. The Morgan fingerprint density at radius 2 is 1.72 bits per heavy atom. The average molecular weight is 336 g/mol. The highest BCUT2D eigenvalue weighted by molar-refractivity contribution is 6.09. The summed E-state index contributed by atoms with van der Waals surface area (Å²) < 4.78 is 0. The Bertz CT molecular complexity index is 750. The molecule has 25 heavy (non-hydrogen) atoms. The average Bonchev–Trinajstić information content (AvgIpc) is 3.02. The second-order valence-electron chi connectivity index (χ2n) is 6.55. The molecule has 1 unspecified atom stereocenters. The number of hydrogen-bond acceptors (Lipinski definition) is 2. The summed E-state index contributed by atoms with van der Waals surface area (Å²) in [5.74, 6) is -0.875. The smallest absolute Gasteiger partial charge is 0.239 e. The number of amides is 2. The van der Waals surface area contributed by atoms with Crippen LogP contribution in [-0.4, -0.2) is 18.4 Å². The number of nitrogens with zero attached hydrogens (tertiary/aromatic N) is 1. The van der Waals surface area contributed by atoms with E-state index in [-0.39, 0.29) is 11.8 Å². The van der Waals surface area contributed by atoms with E-state index in [0.717, 1.165) is 17.7 Å². The van der Waals surface area contributed by atoms with Gasteiger partial charge in [-0.05, 0) is 43.0 Å². The van der Waals surface area contributed by atoms with Gasteiger partial charge < -0.3 is 10.2 Å². The number of anilines is 1. The summed E-state index contributed by atoms with van der Waals surface area (Å²) in [5.41, 5.74) is 4.33. The number of hydrogen-bond donors (Lipinski definition) is 1. The fraction of sp³-hybridized carbons (Fsp3) is 0.333. The second-order valence-corrected chi connectivity index (χ2v) is 6.55. The third-order valence-corrected chi connectivity index (χ3v) is 4.77. The van der Waals surface area contributed by atoms with Crippen molar-refractivity contribution in [1.29, 1.82) is 0 Å². The zero-order valence-corrected chi connectivity index (χ0v) is 14.8. The number of aryl methyl sites for hydroxylation is 2. The van der Waals surface area contributed by atoms with Gasteiger partial charge in [0.2, 0.25) is 11.8 Å². The topological polar surface area (TPSA) is 49.4 Å². The molecule has 3 rings (SSSR count). The molecule has 2 amide bonds. The standard InChI is InChI=1S/C21H24N2O2/c1-3-16-8-10-18(11-9-16)23-13-12-19(21(23)25)20(24)22-14-17-6-4-15(2)5-7-17/h4-11,19H,3,12-14H2,1-2H3,(H,22,24). The lowest BCUT2D eigenvalue weighted by molar-refractivity contribution is -0.132. The minimum Gasteiger partial charge on any atom is -0.351 e. The number of nitrogens with one attached hydrogen (secondary N) is 1. The minimum absolute atomic E-state index is 0.106. The van der Waals surface area contributed by atoms with Gasteiger partial charge in [-0.25, -0.2) is 0 Å². The van der Waals surface area contributed by atoms with Crippen LogP contribution in [0.5, 0.6) is 0 Å². The van der Waals surface area contributed by atoms with Crippen LogP contribution in [0.15, 0.2) is 48.5 Å². The Morgan fingerprint density at radius 1 is 1.08 bits per heavy atom. The molecule has 0 aromatic heterocycles. The molecule has 4 nitrogen and oxygen atoms in total. The molecular formula is C21H24N2O2. The first kappa shape index (κ1) is 17.2. The van der Waals surface area contributed by atoms with Crippen molar-refractivity contribution in [3.8, 4) is 0 Å². The van der Waals surface area contributed by atoms with E-state index >= 15 is 0 Å². The van der Waals surface area contributed by atoms with Crippen molar-refractivity contribution in [1.82, 2.24) is 5.32 Å². The van der Waals surface area contributed by atoms with Gasteiger partial charge in [0.05, 0.1) is 0 Å². The van der Waals surface area contributed by atoms with Crippen LogP contribution in [-0.2, 0) is 22.6 Å². The molecule has 0 bridgehead atoms. The molecule has 1 aliphatic heterocycles. The Labute approximate surface area is 148 Å². The first-order chi connectivity index (χ1) is 12.1. The van der Waals surface area contributed by atoms with E-state index in [9.17, 15) is 9.59 Å². The summed E-state index contributed by atoms with van der Waals surface area (Å²) in [6, 6.07) is 16.0. The van der Waals surface area contributed by atoms with Gasteiger partial charge in [0.15, 0.2) is 0 Å². The van der Waals surface area contributed by atoms with Crippen LogP contribution in [0.4, 0.5) is 5.69 Å². The molecule has 4 heteroatoms. The van der Waals surface area contributed by atoms with Crippen molar-refractivity contribution in [2.75, 3.05) is 11.4 Å². The van der Waals surface area contributed by atoms with Crippen molar-refractivity contribution in [2.24, 2.45) is 5.92 Å². The van der Waals surface area contributed by atoms with Crippen molar-refractivity contribution in [2.45, 2.75) is 33.2 Å². The molecule has 1 fully saturated rings. The summed E-state index contributed by atoms with van der Waals surface area (Å²) >= 11 is 0. The summed E-state index contributed by atoms with van der Waals surface area (Å²) in [6.45, 7) is 5.17. The van der Waals surface area contributed by atoms with Gasteiger partial charge in [0.25, 0.3) is 0 Å². The molecule has 130 valence electrons. The zero-order valence-electron chi connectivity index (χ0n) is 14.8. The Morgan fingerprint density at radius 3 is 2.36 bits per heavy atom. The lowest BCUT2D eigenvalue weighted by atomic mass is 10.1. The second kappa shape index (κ2) is 7.51. The van der Waals surface area contributed by atoms with E-state index < -0.39 is 5.92 Å². The predicted molar refractivity (Wildman–Crippen MR) is 99.3 cm³/mol. The molecule has 2 aromatic carbocycles. The number of rotatable bonds is 5. The lowest BCUT2D eigenvalue weighted by Crippen LogP contribution is -2.36. The Kier molecular flexibility index (Phi) is 5.17. The van der Waals surface area contributed by atoms with Crippen molar-refractivity contribution in [3.63, 3.8) is 0 Å². The fourth-order valence-electron chi connectivity index (χ4n) is 3.11. The molecular weight excluding hydrogens is 312 g/mol. The maximum atomic E-state index is 12.6. The van der Waals surface area contributed by atoms with Crippen LogP contribution < -0.4 is 10.2 Å². The molecule has 0 spiro atoms. The molecule has 1 saturated heterocycles. The molecule has 1 heterocycles. The van der Waals surface area contributed by atoms with E-state index in [1.165, 1.54) is 11.1 Å². The first-order valence-electron chi connectivity index (χ1n) is 8.82. The summed E-state index contributed by atoms with van der Waals surface area (Å²) in [6.07, 6.45) is 1.53. The highest BCUT2D eigenvalue weighted by Gasteiger charge is 2.37. The van der Waals surface area contributed by atoms with E-state index in [4.69, 9.17) is 0 Å². The molecule has 1 N–H and O–H groups in total. The molecule has 0 aliphatic carbocycles. The molecule has 0 radical (unpaired) electrons. The van der Waals surface area contributed by atoms with Gasteiger partial charge in [-0.15, -0.1) is 0 Å². The number of carbonyl (C=O) groups excluding carboxylic acids is 2. The van der Waals surface area contributed by atoms with Crippen LogP contribution in [0.1, 0.15) is 30.0 Å². The van der Waals surface area contributed by atoms with Gasteiger partial charge >= 0.3 is 0 Å². The third-order valence-electron chi connectivity index (χ3n) is 4.77. The highest BCUT2D eigenvalue weighted by atomic mass is 16.2. The molecule has 2 aromatic rings. The van der Waals surface area contributed by atoms with Gasteiger partial charge in [-0.2, -0.15) is 0 Å². The van der Waals surface area contributed by atoms with E-state index in [0.29, 0.717) is 19.5 Å². The highest BCUT2D eigenvalue weighted by Crippen LogP contribution is 2.26. The van der Waals surface area contributed by atoms with E-state index in [1.807, 2.05) is 55.5 Å². The summed E-state index contributed by atoms with van der Waals surface area (Å²) in [5, 5.41) is 2.89. The van der Waals surface area contributed by atoms with Gasteiger partial charge in [0, 0.05) is 18.8 Å². The van der Waals surface area contributed by atoms with Crippen molar-refractivity contribution in [3.05, 3.63) is 65.2 Å². The third kappa shape index (κ3) is 3.90. The SMILES string of the molecule is CCc1ccc(N2CCC(C(=O)NCc3ccc(C)cc3)C2=O)cc1. The maximum absolute atomic E-state index is 12.6. The van der Waals surface area contributed by atoms with Crippen LogP contribution >= 0.6 is 0 Å². The Balaban J connectivity index is 1.60. The van der Waals surface area contributed by atoms with Crippen LogP contribution in [0.2, 0.25) is 0 Å². The first-order valence-corrected chi connectivity index (χ1v) is 8.82. The minimum atomic E-state index is -0.587. The zero-order chi connectivity index (χ0) is 17.8. The summed E-state index contributed by atoms with van der Waals surface area (Å²) in [7, 11) is 0. The van der Waals surface area contributed by atoms with Gasteiger partial charge in [-0.3, -0.25) is 9.59 Å². The largest absolute Gasteiger partial charge is 0.351 e.